The Labute approximate surface area is 75.1 Å². The monoisotopic (exact) mass is 184 g/mol. The van der Waals surface area contributed by atoms with Gasteiger partial charge in [0.25, 0.3) is 0 Å². The fraction of sp³-hybridized carbons (Fsp3) is 0.571. The Kier molecular flexibility index (Phi) is 2.50. The van der Waals surface area contributed by atoms with Crippen LogP contribution in [-0.2, 0) is 13.6 Å². The van der Waals surface area contributed by atoms with Crippen molar-refractivity contribution in [3.8, 4) is 0 Å². The highest BCUT2D eigenvalue weighted by atomic mass is 16.3. The quantitative estimate of drug-likeness (QED) is 0.320. The molecule has 0 aliphatic carbocycles. The number of hydrogen-bond donors (Lipinski definition) is 1. The lowest BCUT2D eigenvalue weighted by atomic mass is 10.4. The third kappa shape index (κ3) is 1.47. The summed E-state index contributed by atoms with van der Waals surface area (Å²) in [6.45, 7) is 2.37. The van der Waals surface area contributed by atoms with Gasteiger partial charge in [-0.1, -0.05) is 5.21 Å². The zero-order valence-electron chi connectivity index (χ0n) is 7.87. The maximum absolute atomic E-state index is 11.4. The minimum absolute atomic E-state index is 0.0764. The fourth-order valence-electron chi connectivity index (χ4n) is 1.09. The fourth-order valence-corrected chi connectivity index (χ4v) is 1.09. The van der Waals surface area contributed by atoms with Crippen molar-refractivity contribution < 1.29 is 9.79 Å². The first-order valence-corrected chi connectivity index (χ1v) is 3.94. The van der Waals surface area contributed by atoms with Gasteiger partial charge in [0.05, 0.1) is 0 Å². The summed E-state index contributed by atoms with van der Waals surface area (Å²) in [4.78, 5) is 14.8. The van der Waals surface area contributed by atoms with Crippen molar-refractivity contribution in [2.24, 2.45) is 12.0 Å². The third-order valence-electron chi connectivity index (χ3n) is 1.77. The van der Waals surface area contributed by atoms with Gasteiger partial charge in [-0.3, -0.25) is 4.99 Å². The van der Waals surface area contributed by atoms with Crippen molar-refractivity contribution >= 4 is 5.90 Å². The lowest BCUT2D eigenvalue weighted by Crippen LogP contribution is -2.45. The molecule has 0 unspecified atom stereocenters. The van der Waals surface area contributed by atoms with Crippen LogP contribution < -0.4 is 15.3 Å². The van der Waals surface area contributed by atoms with Crippen LogP contribution in [0.1, 0.15) is 12.6 Å². The van der Waals surface area contributed by atoms with Crippen LogP contribution in [0.5, 0.6) is 0 Å². The molecule has 1 aromatic rings. The minimum Gasteiger partial charge on any atom is -0.856 e. The van der Waals surface area contributed by atoms with E-state index in [1.165, 1.54) is 16.4 Å². The van der Waals surface area contributed by atoms with Gasteiger partial charge in [-0.15, -0.1) is 4.68 Å². The first-order chi connectivity index (χ1) is 6.11. The Hall–Kier alpha value is -1.59. The van der Waals surface area contributed by atoms with E-state index in [1.54, 1.807) is 7.05 Å². The Morgan fingerprint density at radius 2 is 2.38 bits per heavy atom. The second-order valence-corrected chi connectivity index (χ2v) is 2.59. The maximum Gasteiger partial charge on any atom is 0.401 e. The molecule has 0 saturated carbocycles. The Balaban J connectivity index is 3.41. The lowest BCUT2D eigenvalue weighted by molar-refractivity contribution is -0.754. The van der Waals surface area contributed by atoms with E-state index < -0.39 is 5.90 Å². The molecule has 1 heterocycles. The summed E-state index contributed by atoms with van der Waals surface area (Å²) in [5.74, 6) is -0.497. The molecule has 0 fully saturated rings. The van der Waals surface area contributed by atoms with Gasteiger partial charge in [-0.2, -0.15) is 4.68 Å². The maximum atomic E-state index is 11.4. The van der Waals surface area contributed by atoms with Crippen LogP contribution in [0.25, 0.3) is 0 Å². The number of H-pyrrole nitrogens is 1. The van der Waals surface area contributed by atoms with E-state index in [9.17, 15) is 9.90 Å². The van der Waals surface area contributed by atoms with Gasteiger partial charge in [0.1, 0.15) is 13.6 Å². The zero-order chi connectivity index (χ0) is 10.0. The molecule has 0 radical (unpaired) electrons. The largest absolute Gasteiger partial charge is 0.856 e. The molecule has 0 spiro atoms. The van der Waals surface area contributed by atoms with Crippen LogP contribution in [0.3, 0.4) is 0 Å². The van der Waals surface area contributed by atoms with E-state index in [0.717, 1.165) is 0 Å². The van der Waals surface area contributed by atoms with E-state index in [0.29, 0.717) is 6.54 Å². The van der Waals surface area contributed by atoms with Crippen molar-refractivity contribution in [1.82, 2.24) is 9.90 Å². The third-order valence-corrected chi connectivity index (χ3v) is 1.77. The first-order valence-electron chi connectivity index (χ1n) is 3.94. The van der Waals surface area contributed by atoms with Crippen LogP contribution in [0.2, 0.25) is 0 Å². The second-order valence-electron chi connectivity index (χ2n) is 2.59. The van der Waals surface area contributed by atoms with Gasteiger partial charge in [-0.05, 0) is 6.92 Å². The number of hydrogen-bond acceptors (Lipinski definition) is 3. The molecular formula is C7H12N4O2. The van der Waals surface area contributed by atoms with E-state index in [-0.39, 0.29) is 11.3 Å². The molecule has 1 rings (SSSR count). The SMILES string of the molecule is CC[n+]1[nH]n(C)c(=O)c1C([O-])=NC. The molecule has 6 nitrogen and oxygen atoms in total. The first kappa shape index (κ1) is 9.50. The zero-order valence-corrected chi connectivity index (χ0v) is 7.87. The molecular weight excluding hydrogens is 172 g/mol. The summed E-state index contributed by atoms with van der Waals surface area (Å²) in [6.07, 6.45) is 0. The Morgan fingerprint density at radius 3 is 2.85 bits per heavy atom. The summed E-state index contributed by atoms with van der Waals surface area (Å²) in [7, 11) is 2.93. The Morgan fingerprint density at radius 1 is 1.77 bits per heavy atom. The lowest BCUT2D eigenvalue weighted by Gasteiger charge is -2.03. The van der Waals surface area contributed by atoms with Crippen LogP contribution in [0, 0.1) is 0 Å². The van der Waals surface area contributed by atoms with E-state index in [2.05, 4.69) is 10.2 Å². The smallest absolute Gasteiger partial charge is 0.401 e. The summed E-state index contributed by atoms with van der Waals surface area (Å²) in [5, 5.41) is 13.9. The molecule has 13 heavy (non-hydrogen) atoms. The number of aryl methyl sites for hydroxylation is 2. The second kappa shape index (κ2) is 3.42. The van der Waals surface area contributed by atoms with Gasteiger partial charge < -0.3 is 5.11 Å². The molecule has 0 aromatic carbocycles. The van der Waals surface area contributed by atoms with Gasteiger partial charge in [0.2, 0.25) is 5.69 Å². The minimum atomic E-state index is -0.497. The standard InChI is InChI=1S/C7H12N4O2/c1-4-11-5(6(12)8-2)7(13)10(3)9-11/h4H2,1-3H3,(H-,8,9,12,13). The van der Waals surface area contributed by atoms with Crippen LogP contribution in [0.15, 0.2) is 9.79 Å². The number of aromatic amines is 1. The van der Waals surface area contributed by atoms with Crippen molar-refractivity contribution in [3.05, 3.63) is 16.0 Å². The van der Waals surface area contributed by atoms with E-state index in [1.807, 2.05) is 6.92 Å². The summed E-state index contributed by atoms with van der Waals surface area (Å²) in [5.41, 5.74) is -0.273. The van der Waals surface area contributed by atoms with Crippen LogP contribution >= 0.6 is 0 Å². The van der Waals surface area contributed by atoms with Gasteiger partial charge in [0, 0.05) is 12.9 Å². The average Bonchev–Trinajstić information content (AvgIpc) is 2.42. The molecule has 1 aromatic heterocycles. The number of nitrogens with one attached hydrogen (secondary N) is 1. The molecule has 0 atom stereocenters. The van der Waals surface area contributed by atoms with Crippen molar-refractivity contribution in [3.63, 3.8) is 0 Å². The summed E-state index contributed by atoms with van der Waals surface area (Å²) >= 11 is 0. The molecule has 0 bridgehead atoms. The number of aromatic nitrogens is 3. The molecule has 0 amide bonds. The van der Waals surface area contributed by atoms with Crippen molar-refractivity contribution in [2.75, 3.05) is 7.05 Å². The molecule has 6 heteroatoms. The summed E-state index contributed by atoms with van der Waals surface area (Å²) < 4.78 is 2.72. The van der Waals surface area contributed by atoms with Gasteiger partial charge >= 0.3 is 5.56 Å². The molecule has 0 aliphatic rings. The van der Waals surface area contributed by atoms with Crippen LogP contribution in [0.4, 0.5) is 0 Å². The van der Waals surface area contributed by atoms with E-state index in [4.69, 9.17) is 0 Å². The van der Waals surface area contributed by atoms with Gasteiger partial charge in [0.15, 0.2) is 0 Å². The summed E-state index contributed by atoms with van der Waals surface area (Å²) in [6, 6.07) is 0. The highest BCUT2D eigenvalue weighted by Gasteiger charge is 2.17. The molecule has 1 N–H and O–H groups in total. The predicted molar refractivity (Wildman–Crippen MR) is 44.4 cm³/mol. The Bertz CT molecular complexity index is 388. The molecule has 0 saturated heterocycles. The normalized spacial score (nSPS) is 12.1. The van der Waals surface area contributed by atoms with Gasteiger partial charge in [-0.25, -0.2) is 4.79 Å². The predicted octanol–water partition coefficient (Wildman–Crippen LogP) is -2.24. The average molecular weight is 184 g/mol. The number of aliphatic imine (C=N–C) groups is 1. The number of rotatable bonds is 2. The van der Waals surface area contributed by atoms with Crippen molar-refractivity contribution in [2.45, 2.75) is 13.5 Å². The molecule has 0 aliphatic heterocycles. The van der Waals surface area contributed by atoms with E-state index >= 15 is 0 Å². The highest BCUT2D eigenvalue weighted by molar-refractivity contribution is 5.86. The highest BCUT2D eigenvalue weighted by Crippen LogP contribution is 1.80. The number of nitrogens with zero attached hydrogens (tertiary/aromatic N) is 3. The van der Waals surface area contributed by atoms with Crippen LogP contribution in [-0.4, -0.2) is 22.8 Å². The van der Waals surface area contributed by atoms with Crippen molar-refractivity contribution in [1.29, 1.82) is 0 Å². The molecule has 72 valence electrons. The topological polar surface area (TPSA) is 77.1 Å².